The third-order valence-electron chi connectivity index (χ3n) is 4.46. The lowest BCUT2D eigenvalue weighted by Crippen LogP contribution is -2.38. The molecule has 0 bridgehead atoms. The number of rotatable bonds is 5. The van der Waals surface area contributed by atoms with E-state index in [2.05, 4.69) is 42.2 Å². The van der Waals surface area contributed by atoms with Gasteiger partial charge < -0.3 is 9.64 Å². The second-order valence-corrected chi connectivity index (χ2v) is 6.51. The maximum absolute atomic E-state index is 5.98. The minimum absolute atomic E-state index is 0.0279. The number of nitrogens with zero attached hydrogens (tertiary/aromatic N) is 5. The fourth-order valence-electron chi connectivity index (χ4n) is 3.01. The van der Waals surface area contributed by atoms with Gasteiger partial charge in [0.15, 0.2) is 0 Å². The first kappa shape index (κ1) is 16.9. The van der Waals surface area contributed by atoms with Crippen LogP contribution in [0.25, 0.3) is 0 Å². The fourth-order valence-corrected chi connectivity index (χ4v) is 3.01. The van der Waals surface area contributed by atoms with E-state index in [-0.39, 0.29) is 6.10 Å². The Hall–Kier alpha value is -1.92. The van der Waals surface area contributed by atoms with Gasteiger partial charge in [0.2, 0.25) is 0 Å². The number of anilines is 1. The molecule has 2 aromatic heterocycles. The minimum Gasteiger partial charge on any atom is -0.369 e. The van der Waals surface area contributed by atoms with Gasteiger partial charge in [-0.1, -0.05) is 6.07 Å². The predicted octanol–water partition coefficient (Wildman–Crippen LogP) is 2.25. The Bertz CT molecular complexity index is 682. The Labute approximate surface area is 144 Å². The molecule has 1 atom stereocenters. The smallest absolute Gasteiger partial charge is 0.128 e. The van der Waals surface area contributed by atoms with Crippen LogP contribution < -0.4 is 4.90 Å². The molecule has 2 aromatic rings. The van der Waals surface area contributed by atoms with Crippen LogP contribution in [0.1, 0.15) is 30.0 Å². The van der Waals surface area contributed by atoms with Crippen LogP contribution in [0.2, 0.25) is 0 Å². The Morgan fingerprint density at radius 2 is 2.17 bits per heavy atom. The summed E-state index contributed by atoms with van der Waals surface area (Å²) >= 11 is 0. The number of pyridine rings is 1. The van der Waals surface area contributed by atoms with Gasteiger partial charge in [0, 0.05) is 52.0 Å². The SMILES string of the molecule is CCn1cc(CN2CCOC(c3cccc(N(C)C)n3)C2)c(C)n1. The molecule has 0 amide bonds. The molecule has 1 saturated heterocycles. The van der Waals surface area contributed by atoms with E-state index in [1.54, 1.807) is 0 Å². The summed E-state index contributed by atoms with van der Waals surface area (Å²) in [5, 5.41) is 4.54. The zero-order valence-corrected chi connectivity index (χ0v) is 15.1. The lowest BCUT2D eigenvalue weighted by atomic mass is 10.1. The molecule has 3 heterocycles. The van der Waals surface area contributed by atoms with Crippen molar-refractivity contribution in [1.29, 1.82) is 0 Å². The summed E-state index contributed by atoms with van der Waals surface area (Å²) in [6, 6.07) is 6.13. The van der Waals surface area contributed by atoms with Gasteiger partial charge in [-0.25, -0.2) is 4.98 Å². The molecule has 3 rings (SSSR count). The van der Waals surface area contributed by atoms with Crippen molar-refractivity contribution >= 4 is 5.82 Å². The van der Waals surface area contributed by atoms with Crippen molar-refractivity contribution in [3.63, 3.8) is 0 Å². The van der Waals surface area contributed by atoms with Crippen molar-refractivity contribution < 1.29 is 4.74 Å². The van der Waals surface area contributed by atoms with E-state index in [9.17, 15) is 0 Å². The molecular weight excluding hydrogens is 302 g/mol. The van der Waals surface area contributed by atoms with Crippen molar-refractivity contribution in [3.8, 4) is 0 Å². The van der Waals surface area contributed by atoms with Crippen molar-refractivity contribution in [2.75, 3.05) is 38.7 Å². The molecule has 0 saturated carbocycles. The molecule has 1 aliphatic rings. The molecule has 6 heteroatoms. The Kier molecular flexibility index (Phi) is 5.16. The third kappa shape index (κ3) is 3.76. The van der Waals surface area contributed by atoms with Crippen LogP contribution in [0.3, 0.4) is 0 Å². The highest BCUT2D eigenvalue weighted by atomic mass is 16.5. The van der Waals surface area contributed by atoms with Crippen molar-refractivity contribution in [3.05, 3.63) is 41.3 Å². The van der Waals surface area contributed by atoms with Crippen LogP contribution in [0.15, 0.2) is 24.4 Å². The van der Waals surface area contributed by atoms with Crippen LogP contribution in [0.4, 0.5) is 5.82 Å². The van der Waals surface area contributed by atoms with Gasteiger partial charge in [-0.15, -0.1) is 0 Å². The first-order chi connectivity index (χ1) is 11.6. The van der Waals surface area contributed by atoms with Gasteiger partial charge in [0.1, 0.15) is 11.9 Å². The summed E-state index contributed by atoms with van der Waals surface area (Å²) in [5.74, 6) is 0.966. The van der Waals surface area contributed by atoms with Gasteiger partial charge in [-0.2, -0.15) is 5.10 Å². The Morgan fingerprint density at radius 3 is 2.88 bits per heavy atom. The molecule has 6 nitrogen and oxygen atoms in total. The molecule has 0 aliphatic carbocycles. The second-order valence-electron chi connectivity index (χ2n) is 6.51. The van der Waals surface area contributed by atoms with E-state index >= 15 is 0 Å². The fraction of sp³-hybridized carbons (Fsp3) is 0.556. The number of morpholine rings is 1. The Morgan fingerprint density at radius 1 is 1.33 bits per heavy atom. The van der Waals surface area contributed by atoms with Gasteiger partial charge in [0.05, 0.1) is 18.0 Å². The molecule has 0 aromatic carbocycles. The van der Waals surface area contributed by atoms with Crippen LogP contribution in [0, 0.1) is 6.92 Å². The van der Waals surface area contributed by atoms with Crippen molar-refractivity contribution in [2.24, 2.45) is 0 Å². The van der Waals surface area contributed by atoms with Crippen molar-refractivity contribution in [1.82, 2.24) is 19.7 Å². The van der Waals surface area contributed by atoms with Crippen LogP contribution in [-0.2, 0) is 17.8 Å². The molecule has 0 radical (unpaired) electrons. The van der Waals surface area contributed by atoms with Crippen LogP contribution in [-0.4, -0.2) is 53.5 Å². The summed E-state index contributed by atoms with van der Waals surface area (Å²) in [6.07, 6.45) is 2.19. The van der Waals surface area contributed by atoms with Gasteiger partial charge in [0.25, 0.3) is 0 Å². The standard InChI is InChI=1S/C18H27N5O/c1-5-23-12-15(14(2)20-23)11-22-9-10-24-17(13-22)16-7-6-8-18(19-16)21(3)4/h6-8,12,17H,5,9-11,13H2,1-4H3. The summed E-state index contributed by atoms with van der Waals surface area (Å²) in [6.45, 7) is 8.57. The van der Waals surface area contributed by atoms with E-state index in [0.717, 1.165) is 50.0 Å². The summed E-state index contributed by atoms with van der Waals surface area (Å²) < 4.78 is 7.98. The largest absolute Gasteiger partial charge is 0.369 e. The molecule has 1 unspecified atom stereocenters. The highest BCUT2D eigenvalue weighted by molar-refractivity contribution is 5.37. The summed E-state index contributed by atoms with van der Waals surface area (Å²) in [4.78, 5) is 9.18. The molecule has 0 spiro atoms. The highest BCUT2D eigenvalue weighted by Crippen LogP contribution is 2.24. The van der Waals surface area contributed by atoms with Crippen LogP contribution >= 0.6 is 0 Å². The van der Waals surface area contributed by atoms with E-state index in [1.807, 2.05) is 29.7 Å². The minimum atomic E-state index is 0.0279. The lowest BCUT2D eigenvalue weighted by molar-refractivity contribution is -0.0350. The average molecular weight is 329 g/mol. The van der Waals surface area contributed by atoms with Gasteiger partial charge in [-0.3, -0.25) is 9.58 Å². The highest BCUT2D eigenvalue weighted by Gasteiger charge is 2.24. The van der Waals surface area contributed by atoms with Gasteiger partial charge >= 0.3 is 0 Å². The topological polar surface area (TPSA) is 46.4 Å². The molecule has 130 valence electrons. The first-order valence-electron chi connectivity index (χ1n) is 8.58. The van der Waals surface area contributed by atoms with E-state index in [0.29, 0.717) is 0 Å². The summed E-state index contributed by atoms with van der Waals surface area (Å²) in [7, 11) is 4.02. The zero-order valence-electron chi connectivity index (χ0n) is 15.1. The number of aromatic nitrogens is 3. The van der Waals surface area contributed by atoms with E-state index < -0.39 is 0 Å². The zero-order chi connectivity index (χ0) is 17.1. The van der Waals surface area contributed by atoms with Crippen molar-refractivity contribution in [2.45, 2.75) is 33.0 Å². The molecular formula is C18H27N5O. The molecule has 24 heavy (non-hydrogen) atoms. The molecule has 1 aliphatic heterocycles. The number of hydrogen-bond donors (Lipinski definition) is 0. The van der Waals surface area contributed by atoms with Crippen LogP contribution in [0.5, 0.6) is 0 Å². The third-order valence-corrected chi connectivity index (χ3v) is 4.46. The predicted molar refractivity (Wildman–Crippen MR) is 95.2 cm³/mol. The molecule has 0 N–H and O–H groups in total. The maximum Gasteiger partial charge on any atom is 0.128 e. The quantitative estimate of drug-likeness (QED) is 0.842. The van der Waals surface area contributed by atoms with E-state index in [1.165, 1.54) is 5.56 Å². The van der Waals surface area contributed by atoms with E-state index in [4.69, 9.17) is 9.72 Å². The lowest BCUT2D eigenvalue weighted by Gasteiger charge is -2.32. The second kappa shape index (κ2) is 7.32. The Balaban J connectivity index is 1.70. The number of ether oxygens (including phenoxy) is 1. The summed E-state index contributed by atoms with van der Waals surface area (Å²) in [5.41, 5.74) is 3.42. The molecule has 1 fully saturated rings. The normalized spacial score (nSPS) is 18.8. The number of aryl methyl sites for hydroxylation is 2. The maximum atomic E-state index is 5.98. The van der Waals surface area contributed by atoms with Gasteiger partial charge in [-0.05, 0) is 26.0 Å². The first-order valence-corrected chi connectivity index (χ1v) is 8.58. The number of hydrogen-bond acceptors (Lipinski definition) is 5. The average Bonchev–Trinajstić information content (AvgIpc) is 2.95. The monoisotopic (exact) mass is 329 g/mol.